The predicted octanol–water partition coefficient (Wildman–Crippen LogP) is 2.89. The van der Waals surface area contributed by atoms with E-state index in [0.717, 1.165) is 22.4 Å². The van der Waals surface area contributed by atoms with Crippen molar-refractivity contribution in [1.82, 2.24) is 4.72 Å². The zero-order valence-electron chi connectivity index (χ0n) is 16.0. The van der Waals surface area contributed by atoms with E-state index < -0.39 is 15.6 Å². The Balaban J connectivity index is 2.11. The van der Waals surface area contributed by atoms with Crippen molar-refractivity contribution in [2.75, 3.05) is 13.7 Å². The van der Waals surface area contributed by atoms with Crippen LogP contribution in [0, 0.1) is 20.8 Å². The Morgan fingerprint density at radius 3 is 2.19 bits per heavy atom. The highest BCUT2D eigenvalue weighted by Gasteiger charge is 2.26. The molecule has 2 aromatic rings. The predicted molar refractivity (Wildman–Crippen MR) is 103 cm³/mol. The molecule has 0 saturated carbocycles. The summed E-state index contributed by atoms with van der Waals surface area (Å²) in [6.07, 6.45) is 0.325. The minimum absolute atomic E-state index is 0.0757. The van der Waals surface area contributed by atoms with Gasteiger partial charge in [0.25, 0.3) is 0 Å². The Kier molecular flexibility index (Phi) is 6.11. The molecule has 0 heterocycles. The fourth-order valence-electron chi connectivity index (χ4n) is 2.80. The number of nitrogens with one attached hydrogen (secondary N) is 1. The summed E-state index contributed by atoms with van der Waals surface area (Å²) in [6.45, 7) is 7.15. The van der Waals surface area contributed by atoms with E-state index in [1.54, 1.807) is 27.0 Å². The van der Waals surface area contributed by atoms with Crippen molar-refractivity contribution in [1.29, 1.82) is 0 Å². The molecule has 2 N–H and O–H groups in total. The molecule has 0 aromatic heterocycles. The maximum absolute atomic E-state index is 12.7. The molecule has 0 aliphatic rings. The van der Waals surface area contributed by atoms with Gasteiger partial charge in [-0.05, 0) is 68.1 Å². The van der Waals surface area contributed by atoms with Crippen LogP contribution in [0.2, 0.25) is 0 Å². The van der Waals surface area contributed by atoms with Gasteiger partial charge in [0.1, 0.15) is 5.75 Å². The van der Waals surface area contributed by atoms with Gasteiger partial charge in [-0.25, -0.2) is 13.1 Å². The first-order valence-electron chi connectivity index (χ1n) is 8.47. The van der Waals surface area contributed by atoms with Crippen LogP contribution >= 0.6 is 0 Å². The molecule has 26 heavy (non-hydrogen) atoms. The maximum Gasteiger partial charge on any atom is 0.240 e. The average Bonchev–Trinajstić information content (AvgIpc) is 2.57. The summed E-state index contributed by atoms with van der Waals surface area (Å²) >= 11 is 0. The van der Waals surface area contributed by atoms with Crippen LogP contribution in [0.1, 0.15) is 29.2 Å². The van der Waals surface area contributed by atoms with E-state index in [1.807, 2.05) is 44.2 Å². The molecule has 0 amide bonds. The number of hydrogen-bond acceptors (Lipinski definition) is 4. The lowest BCUT2D eigenvalue weighted by Crippen LogP contribution is -2.42. The van der Waals surface area contributed by atoms with E-state index in [1.165, 1.54) is 0 Å². The number of ether oxygens (including phenoxy) is 1. The third kappa shape index (κ3) is 5.06. The third-order valence-corrected chi connectivity index (χ3v) is 6.01. The highest BCUT2D eigenvalue weighted by molar-refractivity contribution is 7.89. The number of rotatable bonds is 7. The smallest absolute Gasteiger partial charge is 0.240 e. The van der Waals surface area contributed by atoms with Gasteiger partial charge in [0, 0.05) is 13.0 Å². The molecule has 1 atom stereocenters. The van der Waals surface area contributed by atoms with E-state index >= 15 is 0 Å². The van der Waals surface area contributed by atoms with Gasteiger partial charge in [0.2, 0.25) is 10.0 Å². The van der Waals surface area contributed by atoms with Crippen LogP contribution < -0.4 is 9.46 Å². The molecule has 0 unspecified atom stereocenters. The Labute approximate surface area is 156 Å². The van der Waals surface area contributed by atoms with E-state index in [4.69, 9.17) is 4.74 Å². The van der Waals surface area contributed by atoms with Gasteiger partial charge in [-0.2, -0.15) is 0 Å². The van der Waals surface area contributed by atoms with Crippen molar-refractivity contribution in [3.8, 4) is 5.75 Å². The first kappa shape index (κ1) is 20.4. The molecule has 2 aromatic carbocycles. The molecule has 0 saturated heterocycles. The number of sulfonamides is 1. The SMILES string of the molecule is COc1ccc(C[C@@](C)(O)CNS(=O)(=O)c2cc(C)c(C)cc2C)cc1. The summed E-state index contributed by atoms with van der Waals surface area (Å²) < 4.78 is 33.0. The van der Waals surface area contributed by atoms with E-state index in [2.05, 4.69) is 4.72 Å². The van der Waals surface area contributed by atoms with E-state index in [0.29, 0.717) is 12.0 Å². The summed E-state index contributed by atoms with van der Waals surface area (Å²) in [4.78, 5) is 0.251. The number of aryl methyl sites for hydroxylation is 3. The van der Waals surface area contributed by atoms with Crippen LogP contribution in [-0.4, -0.2) is 32.8 Å². The van der Waals surface area contributed by atoms with Gasteiger partial charge >= 0.3 is 0 Å². The van der Waals surface area contributed by atoms with Gasteiger partial charge in [-0.15, -0.1) is 0 Å². The average molecular weight is 378 g/mol. The Bertz CT molecular complexity index is 871. The number of aliphatic hydroxyl groups is 1. The summed E-state index contributed by atoms with van der Waals surface area (Å²) in [7, 11) is -2.10. The second kappa shape index (κ2) is 7.78. The van der Waals surface area contributed by atoms with Gasteiger partial charge in [0.05, 0.1) is 17.6 Å². The third-order valence-electron chi connectivity index (χ3n) is 4.47. The highest BCUT2D eigenvalue weighted by atomic mass is 32.2. The van der Waals surface area contributed by atoms with Crippen LogP contribution in [0.15, 0.2) is 41.3 Å². The second-order valence-corrected chi connectivity index (χ2v) is 8.78. The summed E-state index contributed by atoms with van der Waals surface area (Å²) in [5.74, 6) is 0.735. The number of methoxy groups -OCH3 is 1. The van der Waals surface area contributed by atoms with Crippen molar-refractivity contribution in [3.05, 3.63) is 58.7 Å². The molecule has 6 heteroatoms. The Morgan fingerprint density at radius 2 is 1.62 bits per heavy atom. The second-order valence-electron chi connectivity index (χ2n) is 7.05. The molecule has 0 aliphatic heterocycles. The molecule has 5 nitrogen and oxygen atoms in total. The minimum Gasteiger partial charge on any atom is -0.497 e. The normalized spacial score (nSPS) is 14.1. The van der Waals surface area contributed by atoms with E-state index in [9.17, 15) is 13.5 Å². The van der Waals surface area contributed by atoms with Crippen LogP contribution in [0.3, 0.4) is 0 Å². The van der Waals surface area contributed by atoms with Gasteiger partial charge in [-0.3, -0.25) is 0 Å². The molecule has 0 spiro atoms. The van der Waals surface area contributed by atoms with Crippen molar-refractivity contribution in [2.45, 2.75) is 44.6 Å². The fraction of sp³-hybridized carbons (Fsp3) is 0.400. The first-order valence-corrected chi connectivity index (χ1v) is 9.95. The number of benzene rings is 2. The molecule has 2 rings (SSSR count). The quantitative estimate of drug-likeness (QED) is 0.778. The molecule has 0 radical (unpaired) electrons. The molecule has 142 valence electrons. The number of hydrogen-bond donors (Lipinski definition) is 2. The van der Waals surface area contributed by atoms with Crippen molar-refractivity contribution >= 4 is 10.0 Å². The summed E-state index contributed by atoms with van der Waals surface area (Å²) in [6, 6.07) is 10.9. The van der Waals surface area contributed by atoms with Crippen molar-refractivity contribution < 1.29 is 18.3 Å². The lowest BCUT2D eigenvalue weighted by molar-refractivity contribution is 0.0657. The Hall–Kier alpha value is -1.89. The summed E-state index contributed by atoms with van der Waals surface area (Å²) in [5, 5.41) is 10.6. The zero-order chi connectivity index (χ0) is 19.5. The zero-order valence-corrected chi connectivity index (χ0v) is 16.8. The fourth-order valence-corrected chi connectivity index (χ4v) is 4.27. The van der Waals surface area contributed by atoms with E-state index in [-0.39, 0.29) is 11.4 Å². The van der Waals surface area contributed by atoms with Crippen LogP contribution in [-0.2, 0) is 16.4 Å². The van der Waals surface area contributed by atoms with Gasteiger partial charge in [-0.1, -0.05) is 18.2 Å². The largest absolute Gasteiger partial charge is 0.497 e. The standard InChI is InChI=1S/C20H27NO4S/c1-14-10-16(3)19(11-15(14)2)26(23,24)21-13-20(4,22)12-17-6-8-18(25-5)9-7-17/h6-11,21-22H,12-13H2,1-5H3/t20-/m1/s1. The maximum atomic E-state index is 12.7. The lowest BCUT2D eigenvalue weighted by atomic mass is 9.97. The summed E-state index contributed by atoms with van der Waals surface area (Å²) in [5.41, 5.74) is 2.34. The van der Waals surface area contributed by atoms with Gasteiger partial charge in [0.15, 0.2) is 0 Å². The first-order chi connectivity index (χ1) is 12.0. The van der Waals surface area contributed by atoms with Crippen LogP contribution in [0.4, 0.5) is 0 Å². The van der Waals surface area contributed by atoms with Crippen LogP contribution in [0.25, 0.3) is 0 Å². The molecular weight excluding hydrogens is 350 g/mol. The van der Waals surface area contributed by atoms with Crippen molar-refractivity contribution in [2.24, 2.45) is 0 Å². The molecular formula is C20H27NO4S. The molecule has 0 aliphatic carbocycles. The van der Waals surface area contributed by atoms with Crippen molar-refractivity contribution in [3.63, 3.8) is 0 Å². The van der Waals surface area contributed by atoms with Crippen LogP contribution in [0.5, 0.6) is 5.75 Å². The molecule has 0 fully saturated rings. The monoisotopic (exact) mass is 377 g/mol. The topological polar surface area (TPSA) is 75.6 Å². The minimum atomic E-state index is -3.70. The molecule has 0 bridgehead atoms. The lowest BCUT2D eigenvalue weighted by Gasteiger charge is -2.24. The Morgan fingerprint density at radius 1 is 1.04 bits per heavy atom. The van der Waals surface area contributed by atoms with Gasteiger partial charge < -0.3 is 9.84 Å². The highest BCUT2D eigenvalue weighted by Crippen LogP contribution is 2.21.